The predicted octanol–water partition coefficient (Wildman–Crippen LogP) is 1.63. The van der Waals surface area contributed by atoms with Crippen molar-refractivity contribution in [1.29, 1.82) is 0 Å². The number of allylic oxidation sites excluding steroid dienone is 1. The molecule has 1 unspecified atom stereocenters. The zero-order valence-corrected chi connectivity index (χ0v) is 7.63. The van der Waals surface area contributed by atoms with Gasteiger partial charge in [0.15, 0.2) is 0 Å². The van der Waals surface area contributed by atoms with E-state index in [1.54, 1.807) is 0 Å². The molecule has 1 saturated heterocycles. The highest BCUT2D eigenvalue weighted by atomic mass is 16.5. The van der Waals surface area contributed by atoms with E-state index in [4.69, 9.17) is 4.74 Å². The van der Waals surface area contributed by atoms with Crippen molar-refractivity contribution in [3.63, 3.8) is 0 Å². The van der Waals surface area contributed by atoms with Gasteiger partial charge in [0.1, 0.15) is 0 Å². The van der Waals surface area contributed by atoms with E-state index in [0.717, 1.165) is 18.8 Å². The molecule has 0 N–H and O–H groups in total. The molecule has 2 nitrogen and oxygen atoms in total. The van der Waals surface area contributed by atoms with E-state index in [1.165, 1.54) is 0 Å². The van der Waals surface area contributed by atoms with Crippen LogP contribution in [0, 0.1) is 0 Å². The molecule has 0 radical (unpaired) electrons. The molecule has 1 rings (SSSR count). The summed E-state index contributed by atoms with van der Waals surface area (Å²) in [5.74, 6) is 0. The van der Waals surface area contributed by atoms with Gasteiger partial charge in [-0.05, 0) is 20.8 Å². The molecular formula is C9H17NO. The number of morpholine rings is 1. The first kappa shape index (κ1) is 8.60. The Hall–Kier alpha value is -0.500. The van der Waals surface area contributed by atoms with E-state index >= 15 is 0 Å². The molecule has 0 spiro atoms. The molecule has 1 aliphatic heterocycles. The van der Waals surface area contributed by atoms with Crippen molar-refractivity contribution < 1.29 is 4.74 Å². The fourth-order valence-electron chi connectivity index (χ4n) is 1.49. The van der Waals surface area contributed by atoms with Crippen molar-refractivity contribution in [3.8, 4) is 0 Å². The Morgan fingerprint density at radius 2 is 1.82 bits per heavy atom. The normalized spacial score (nSPS) is 32.1. The lowest BCUT2D eigenvalue weighted by Crippen LogP contribution is -2.44. The van der Waals surface area contributed by atoms with Crippen molar-refractivity contribution in [3.05, 3.63) is 12.3 Å². The Balaban J connectivity index is 2.49. The van der Waals surface area contributed by atoms with Crippen molar-refractivity contribution in [2.45, 2.75) is 33.0 Å². The standard InChI is InChI=1S/C9H17NO/c1-7(2)10-5-8(3)11-9(4)6-10/h8-9H,1,5-6H2,2-4H3/t8-,9?/m0/s1. The van der Waals surface area contributed by atoms with Crippen molar-refractivity contribution in [1.82, 2.24) is 4.90 Å². The van der Waals surface area contributed by atoms with Crippen LogP contribution in [0.2, 0.25) is 0 Å². The summed E-state index contributed by atoms with van der Waals surface area (Å²) in [6, 6.07) is 0. The van der Waals surface area contributed by atoms with Crippen LogP contribution in [0.5, 0.6) is 0 Å². The highest BCUT2D eigenvalue weighted by Crippen LogP contribution is 2.13. The van der Waals surface area contributed by atoms with Gasteiger partial charge in [-0.1, -0.05) is 6.58 Å². The third kappa shape index (κ3) is 2.22. The maximum absolute atomic E-state index is 5.58. The molecule has 0 saturated carbocycles. The molecule has 1 fully saturated rings. The lowest BCUT2D eigenvalue weighted by atomic mass is 10.2. The topological polar surface area (TPSA) is 12.5 Å². The third-order valence-corrected chi connectivity index (χ3v) is 1.96. The number of hydrogen-bond donors (Lipinski definition) is 0. The lowest BCUT2D eigenvalue weighted by molar-refractivity contribution is -0.0575. The molecule has 0 aliphatic carbocycles. The summed E-state index contributed by atoms with van der Waals surface area (Å²) in [5, 5.41) is 0. The number of hydrogen-bond acceptors (Lipinski definition) is 2. The summed E-state index contributed by atoms with van der Waals surface area (Å²) < 4.78 is 5.58. The molecule has 0 bridgehead atoms. The minimum Gasteiger partial charge on any atom is -0.372 e. The van der Waals surface area contributed by atoms with Gasteiger partial charge in [0.05, 0.1) is 12.2 Å². The summed E-state index contributed by atoms with van der Waals surface area (Å²) in [6.45, 7) is 12.1. The molecule has 0 aromatic rings. The molecule has 1 heterocycles. The summed E-state index contributed by atoms with van der Waals surface area (Å²) >= 11 is 0. The Morgan fingerprint density at radius 1 is 1.36 bits per heavy atom. The molecule has 11 heavy (non-hydrogen) atoms. The monoisotopic (exact) mass is 155 g/mol. The molecule has 64 valence electrons. The first-order valence-corrected chi connectivity index (χ1v) is 4.15. The zero-order chi connectivity index (χ0) is 8.43. The first-order valence-electron chi connectivity index (χ1n) is 4.15. The maximum Gasteiger partial charge on any atom is 0.0726 e. The molecule has 2 atom stereocenters. The van der Waals surface area contributed by atoms with Gasteiger partial charge >= 0.3 is 0 Å². The smallest absolute Gasteiger partial charge is 0.0726 e. The molecule has 1 aliphatic rings. The molecule has 0 aromatic heterocycles. The van der Waals surface area contributed by atoms with Crippen LogP contribution in [-0.2, 0) is 4.74 Å². The van der Waals surface area contributed by atoms with Crippen LogP contribution in [0.15, 0.2) is 12.3 Å². The lowest BCUT2D eigenvalue weighted by Gasteiger charge is -2.36. The van der Waals surface area contributed by atoms with Gasteiger partial charge in [-0.25, -0.2) is 0 Å². The van der Waals surface area contributed by atoms with E-state index in [1.807, 2.05) is 6.92 Å². The Bertz CT molecular complexity index is 146. The zero-order valence-electron chi connectivity index (χ0n) is 7.63. The van der Waals surface area contributed by atoms with Crippen LogP contribution >= 0.6 is 0 Å². The van der Waals surface area contributed by atoms with E-state index in [0.29, 0.717) is 12.2 Å². The summed E-state index contributed by atoms with van der Waals surface area (Å²) in [7, 11) is 0. The SMILES string of the molecule is C=C(C)N1CC(C)O[C@@H](C)C1. The van der Waals surface area contributed by atoms with Crippen molar-refractivity contribution >= 4 is 0 Å². The molecular weight excluding hydrogens is 138 g/mol. The van der Waals surface area contributed by atoms with E-state index in [-0.39, 0.29) is 0 Å². The second kappa shape index (κ2) is 3.26. The second-order valence-electron chi connectivity index (χ2n) is 3.40. The van der Waals surface area contributed by atoms with Gasteiger partial charge in [-0.3, -0.25) is 0 Å². The van der Waals surface area contributed by atoms with Gasteiger partial charge in [0.25, 0.3) is 0 Å². The third-order valence-electron chi connectivity index (χ3n) is 1.96. The average molecular weight is 155 g/mol. The average Bonchev–Trinajstić information content (AvgIpc) is 1.85. The quantitative estimate of drug-likeness (QED) is 0.570. The largest absolute Gasteiger partial charge is 0.372 e. The van der Waals surface area contributed by atoms with E-state index < -0.39 is 0 Å². The van der Waals surface area contributed by atoms with Gasteiger partial charge in [-0.2, -0.15) is 0 Å². The minimum atomic E-state index is 0.343. The fraction of sp³-hybridized carbons (Fsp3) is 0.778. The van der Waals surface area contributed by atoms with Crippen LogP contribution in [-0.4, -0.2) is 30.2 Å². The number of nitrogens with zero attached hydrogens (tertiary/aromatic N) is 1. The van der Waals surface area contributed by atoms with Crippen LogP contribution in [0.25, 0.3) is 0 Å². The molecule has 2 heteroatoms. The first-order chi connectivity index (χ1) is 5.09. The van der Waals surface area contributed by atoms with E-state index in [9.17, 15) is 0 Å². The minimum absolute atomic E-state index is 0.343. The van der Waals surface area contributed by atoms with Gasteiger partial charge in [0, 0.05) is 18.8 Å². The predicted molar refractivity (Wildman–Crippen MR) is 46.4 cm³/mol. The molecule has 0 amide bonds. The van der Waals surface area contributed by atoms with Gasteiger partial charge in [0.2, 0.25) is 0 Å². The van der Waals surface area contributed by atoms with Crippen molar-refractivity contribution in [2.75, 3.05) is 13.1 Å². The van der Waals surface area contributed by atoms with Crippen LogP contribution in [0.4, 0.5) is 0 Å². The second-order valence-corrected chi connectivity index (χ2v) is 3.40. The number of rotatable bonds is 1. The summed E-state index contributed by atoms with van der Waals surface area (Å²) in [6.07, 6.45) is 0.686. The fourth-order valence-corrected chi connectivity index (χ4v) is 1.49. The number of ether oxygens (including phenoxy) is 1. The Labute approximate surface area is 68.8 Å². The highest BCUT2D eigenvalue weighted by molar-refractivity contribution is 4.92. The van der Waals surface area contributed by atoms with Crippen LogP contribution in [0.1, 0.15) is 20.8 Å². The summed E-state index contributed by atoms with van der Waals surface area (Å²) in [5.41, 5.74) is 1.15. The van der Waals surface area contributed by atoms with Crippen LogP contribution < -0.4 is 0 Å². The highest BCUT2D eigenvalue weighted by Gasteiger charge is 2.20. The van der Waals surface area contributed by atoms with Crippen LogP contribution in [0.3, 0.4) is 0 Å². The maximum atomic E-state index is 5.58. The van der Waals surface area contributed by atoms with E-state index in [2.05, 4.69) is 25.3 Å². The Morgan fingerprint density at radius 3 is 2.18 bits per heavy atom. The molecule has 0 aromatic carbocycles. The Kier molecular flexibility index (Phi) is 2.55. The van der Waals surface area contributed by atoms with Crippen molar-refractivity contribution in [2.24, 2.45) is 0 Å². The summed E-state index contributed by atoms with van der Waals surface area (Å²) in [4.78, 5) is 2.28. The van der Waals surface area contributed by atoms with Gasteiger partial charge in [-0.15, -0.1) is 0 Å². The van der Waals surface area contributed by atoms with Gasteiger partial charge < -0.3 is 9.64 Å².